The van der Waals surface area contributed by atoms with Crippen molar-refractivity contribution < 1.29 is 4.74 Å². The van der Waals surface area contributed by atoms with Gasteiger partial charge < -0.3 is 4.74 Å². The number of methoxy groups -OCH3 is 1. The standard InChI is InChI=1S/C13H16ClN3O/c1-9(2)12-15-16-13(14)17(12)11-6-4-10(5-7-11)8-18-3/h4-7,9H,8H2,1-3H3. The fourth-order valence-electron chi connectivity index (χ4n) is 1.80. The fraction of sp³-hybridized carbons (Fsp3) is 0.385. The van der Waals surface area contributed by atoms with Gasteiger partial charge in [-0.3, -0.25) is 4.57 Å². The highest BCUT2D eigenvalue weighted by molar-refractivity contribution is 6.28. The summed E-state index contributed by atoms with van der Waals surface area (Å²) in [6.07, 6.45) is 0. The molecular weight excluding hydrogens is 250 g/mol. The van der Waals surface area contributed by atoms with E-state index < -0.39 is 0 Å². The first-order valence-electron chi connectivity index (χ1n) is 5.82. The van der Waals surface area contributed by atoms with Crippen LogP contribution in [-0.2, 0) is 11.3 Å². The molecular formula is C13H16ClN3O. The van der Waals surface area contributed by atoms with E-state index in [-0.39, 0.29) is 5.92 Å². The summed E-state index contributed by atoms with van der Waals surface area (Å²) < 4.78 is 6.95. The zero-order valence-electron chi connectivity index (χ0n) is 10.7. The Bertz CT molecular complexity index is 520. The molecule has 0 aliphatic carbocycles. The summed E-state index contributed by atoms with van der Waals surface area (Å²) in [5, 5.41) is 8.42. The van der Waals surface area contributed by atoms with E-state index in [9.17, 15) is 0 Å². The van der Waals surface area contributed by atoms with E-state index in [2.05, 4.69) is 24.0 Å². The molecule has 5 heteroatoms. The van der Waals surface area contributed by atoms with Gasteiger partial charge in [0.05, 0.1) is 6.61 Å². The number of halogens is 1. The maximum absolute atomic E-state index is 6.09. The van der Waals surface area contributed by atoms with Crippen LogP contribution in [0.1, 0.15) is 31.2 Å². The molecule has 2 rings (SSSR count). The SMILES string of the molecule is COCc1ccc(-n2c(Cl)nnc2C(C)C)cc1. The zero-order valence-corrected chi connectivity index (χ0v) is 11.5. The molecule has 0 amide bonds. The molecule has 0 aliphatic rings. The van der Waals surface area contributed by atoms with Crippen molar-refractivity contribution in [3.05, 3.63) is 40.9 Å². The third-order valence-corrected chi connectivity index (χ3v) is 2.92. The number of hydrogen-bond donors (Lipinski definition) is 0. The molecule has 0 radical (unpaired) electrons. The first-order valence-corrected chi connectivity index (χ1v) is 6.20. The minimum atomic E-state index is 0.267. The second-order valence-electron chi connectivity index (χ2n) is 4.42. The minimum Gasteiger partial charge on any atom is -0.380 e. The van der Waals surface area contributed by atoms with Gasteiger partial charge in [-0.1, -0.05) is 26.0 Å². The van der Waals surface area contributed by atoms with Crippen molar-refractivity contribution in [1.82, 2.24) is 14.8 Å². The van der Waals surface area contributed by atoms with E-state index in [1.807, 2.05) is 28.8 Å². The first-order chi connectivity index (χ1) is 8.63. The van der Waals surface area contributed by atoms with Crippen LogP contribution >= 0.6 is 11.6 Å². The van der Waals surface area contributed by atoms with Gasteiger partial charge in [-0.15, -0.1) is 10.2 Å². The van der Waals surface area contributed by atoms with Gasteiger partial charge in [0.2, 0.25) is 5.28 Å². The Morgan fingerprint density at radius 2 is 1.89 bits per heavy atom. The molecule has 1 heterocycles. The number of nitrogens with zero attached hydrogens (tertiary/aromatic N) is 3. The molecule has 0 spiro atoms. The van der Waals surface area contributed by atoms with E-state index in [4.69, 9.17) is 16.3 Å². The van der Waals surface area contributed by atoms with Crippen LogP contribution in [-0.4, -0.2) is 21.9 Å². The predicted octanol–water partition coefficient (Wildman–Crippen LogP) is 3.19. The summed E-state index contributed by atoms with van der Waals surface area (Å²) in [5.41, 5.74) is 2.09. The largest absolute Gasteiger partial charge is 0.380 e. The van der Waals surface area contributed by atoms with Crippen LogP contribution in [0.25, 0.3) is 5.69 Å². The topological polar surface area (TPSA) is 39.9 Å². The summed E-state index contributed by atoms with van der Waals surface area (Å²) in [4.78, 5) is 0. The molecule has 0 fully saturated rings. The Balaban J connectivity index is 2.39. The van der Waals surface area contributed by atoms with E-state index in [0.717, 1.165) is 17.1 Å². The van der Waals surface area contributed by atoms with Crippen LogP contribution in [0.2, 0.25) is 5.28 Å². The molecule has 18 heavy (non-hydrogen) atoms. The molecule has 1 aromatic heterocycles. The van der Waals surface area contributed by atoms with Crippen molar-refractivity contribution in [2.75, 3.05) is 7.11 Å². The highest BCUT2D eigenvalue weighted by Crippen LogP contribution is 2.22. The number of hydrogen-bond acceptors (Lipinski definition) is 3. The number of rotatable bonds is 4. The van der Waals surface area contributed by atoms with Crippen molar-refractivity contribution in [3.63, 3.8) is 0 Å². The van der Waals surface area contributed by atoms with Crippen molar-refractivity contribution in [3.8, 4) is 5.69 Å². The monoisotopic (exact) mass is 265 g/mol. The fourth-order valence-corrected chi connectivity index (χ4v) is 2.02. The minimum absolute atomic E-state index is 0.267. The molecule has 1 aromatic carbocycles. The van der Waals surface area contributed by atoms with Gasteiger partial charge in [-0.2, -0.15) is 0 Å². The van der Waals surface area contributed by atoms with E-state index in [1.165, 1.54) is 0 Å². The third-order valence-electron chi connectivity index (χ3n) is 2.67. The lowest BCUT2D eigenvalue weighted by Crippen LogP contribution is -2.03. The lowest BCUT2D eigenvalue weighted by molar-refractivity contribution is 0.185. The molecule has 0 saturated carbocycles. The molecule has 0 saturated heterocycles. The lowest BCUT2D eigenvalue weighted by Gasteiger charge is -2.10. The van der Waals surface area contributed by atoms with Gasteiger partial charge in [0.25, 0.3) is 0 Å². The zero-order chi connectivity index (χ0) is 13.1. The van der Waals surface area contributed by atoms with Crippen molar-refractivity contribution in [2.24, 2.45) is 0 Å². The van der Waals surface area contributed by atoms with Gasteiger partial charge in [0.1, 0.15) is 5.82 Å². The van der Waals surface area contributed by atoms with Crippen LogP contribution in [0.15, 0.2) is 24.3 Å². The van der Waals surface area contributed by atoms with E-state index in [0.29, 0.717) is 11.9 Å². The maximum Gasteiger partial charge on any atom is 0.229 e. The van der Waals surface area contributed by atoms with Crippen molar-refractivity contribution >= 4 is 11.6 Å². The van der Waals surface area contributed by atoms with Gasteiger partial charge in [-0.25, -0.2) is 0 Å². The average molecular weight is 266 g/mol. The van der Waals surface area contributed by atoms with Crippen LogP contribution in [0, 0.1) is 0 Å². The first kappa shape index (κ1) is 13.1. The van der Waals surface area contributed by atoms with Gasteiger partial charge >= 0.3 is 0 Å². The Kier molecular flexibility index (Phi) is 3.99. The summed E-state index contributed by atoms with van der Waals surface area (Å²) in [6, 6.07) is 8.02. The van der Waals surface area contributed by atoms with Crippen LogP contribution in [0.3, 0.4) is 0 Å². The molecule has 0 unspecified atom stereocenters. The Labute approximate surface area is 112 Å². The average Bonchev–Trinajstić information content (AvgIpc) is 2.73. The van der Waals surface area contributed by atoms with E-state index >= 15 is 0 Å². The smallest absolute Gasteiger partial charge is 0.229 e. The van der Waals surface area contributed by atoms with Crippen LogP contribution < -0.4 is 0 Å². The molecule has 96 valence electrons. The maximum atomic E-state index is 6.09. The number of benzene rings is 1. The van der Waals surface area contributed by atoms with E-state index in [1.54, 1.807) is 7.11 Å². The summed E-state index contributed by atoms with van der Waals surface area (Å²) in [7, 11) is 1.68. The summed E-state index contributed by atoms with van der Waals surface area (Å²) in [5.74, 6) is 1.13. The van der Waals surface area contributed by atoms with Gasteiger partial charge in [0.15, 0.2) is 0 Å². The molecule has 4 nitrogen and oxygen atoms in total. The number of ether oxygens (including phenoxy) is 1. The molecule has 0 N–H and O–H groups in total. The summed E-state index contributed by atoms with van der Waals surface area (Å²) >= 11 is 6.09. The Morgan fingerprint density at radius 1 is 1.22 bits per heavy atom. The Morgan fingerprint density at radius 3 is 2.44 bits per heavy atom. The van der Waals surface area contributed by atoms with Crippen LogP contribution in [0.5, 0.6) is 0 Å². The predicted molar refractivity (Wildman–Crippen MR) is 71.2 cm³/mol. The molecule has 0 atom stereocenters. The molecule has 0 bridgehead atoms. The third kappa shape index (κ3) is 2.54. The second kappa shape index (κ2) is 5.50. The lowest BCUT2D eigenvalue weighted by atomic mass is 10.2. The van der Waals surface area contributed by atoms with Crippen LogP contribution in [0.4, 0.5) is 0 Å². The second-order valence-corrected chi connectivity index (χ2v) is 4.75. The molecule has 0 aliphatic heterocycles. The van der Waals surface area contributed by atoms with Crippen molar-refractivity contribution in [2.45, 2.75) is 26.4 Å². The van der Waals surface area contributed by atoms with Crippen molar-refractivity contribution in [1.29, 1.82) is 0 Å². The van der Waals surface area contributed by atoms with Gasteiger partial charge in [0, 0.05) is 18.7 Å². The quantitative estimate of drug-likeness (QED) is 0.852. The number of aromatic nitrogens is 3. The highest BCUT2D eigenvalue weighted by atomic mass is 35.5. The highest BCUT2D eigenvalue weighted by Gasteiger charge is 2.14. The summed E-state index contributed by atoms with van der Waals surface area (Å²) in [6.45, 7) is 4.74. The normalized spacial score (nSPS) is 11.2. The Hall–Kier alpha value is -1.39. The molecule has 2 aromatic rings. The van der Waals surface area contributed by atoms with Gasteiger partial charge in [-0.05, 0) is 29.3 Å².